The number of hydrogen-bond acceptors (Lipinski definition) is 1. The molecular formula is C6H2Cl3N3. The second kappa shape index (κ2) is 3.87. The van der Waals surface area contributed by atoms with Gasteiger partial charge >= 0.3 is 0 Å². The Morgan fingerprint density at radius 2 is 1.67 bits per heavy atom. The Morgan fingerprint density at radius 3 is 2.08 bits per heavy atom. The van der Waals surface area contributed by atoms with Crippen LogP contribution in [0.25, 0.3) is 10.4 Å². The van der Waals surface area contributed by atoms with Crippen molar-refractivity contribution in [2.45, 2.75) is 0 Å². The zero-order valence-electron chi connectivity index (χ0n) is 5.63. The van der Waals surface area contributed by atoms with Crippen molar-refractivity contribution < 1.29 is 0 Å². The zero-order valence-corrected chi connectivity index (χ0v) is 7.90. The van der Waals surface area contributed by atoms with E-state index in [0.717, 1.165) is 0 Å². The summed E-state index contributed by atoms with van der Waals surface area (Å²) in [5.41, 5.74) is 8.45. The first-order chi connectivity index (χ1) is 5.65. The summed E-state index contributed by atoms with van der Waals surface area (Å²) in [6.07, 6.45) is 0. The van der Waals surface area contributed by atoms with E-state index in [9.17, 15) is 0 Å². The summed E-state index contributed by atoms with van der Waals surface area (Å²) in [5, 5.41) is 4.12. The molecule has 0 radical (unpaired) electrons. The van der Waals surface area contributed by atoms with Crippen LogP contribution < -0.4 is 0 Å². The molecule has 0 heterocycles. The van der Waals surface area contributed by atoms with E-state index in [1.807, 2.05) is 0 Å². The monoisotopic (exact) mass is 221 g/mol. The number of azide groups is 1. The Hall–Kier alpha value is -0.600. The lowest BCUT2D eigenvalue weighted by molar-refractivity contribution is 1.48. The summed E-state index contributed by atoms with van der Waals surface area (Å²) < 4.78 is 0. The standard InChI is InChI=1S/C6H2Cl3N3/c7-4-1-3(11-12-10)2-5(8)6(4)9/h1-2H. The Morgan fingerprint density at radius 1 is 1.17 bits per heavy atom. The second-order valence-electron chi connectivity index (χ2n) is 1.91. The van der Waals surface area contributed by atoms with Crippen LogP contribution in [0.15, 0.2) is 17.2 Å². The molecule has 1 rings (SSSR count). The average Bonchev–Trinajstić information content (AvgIpc) is 2.01. The average molecular weight is 222 g/mol. The van der Waals surface area contributed by atoms with Crippen LogP contribution in [-0.4, -0.2) is 0 Å². The molecule has 0 fully saturated rings. The molecule has 0 aliphatic heterocycles. The molecule has 0 aliphatic carbocycles. The Balaban J connectivity index is 3.30. The van der Waals surface area contributed by atoms with Gasteiger partial charge in [-0.05, 0) is 17.7 Å². The molecule has 12 heavy (non-hydrogen) atoms. The number of nitrogens with zero attached hydrogens (tertiary/aromatic N) is 3. The maximum atomic E-state index is 8.11. The normalized spacial score (nSPS) is 9.25. The highest BCUT2D eigenvalue weighted by atomic mass is 35.5. The minimum atomic E-state index is 0.259. The van der Waals surface area contributed by atoms with Gasteiger partial charge in [-0.25, -0.2) is 0 Å². The van der Waals surface area contributed by atoms with Gasteiger partial charge < -0.3 is 0 Å². The Kier molecular flexibility index (Phi) is 3.06. The predicted octanol–water partition coefficient (Wildman–Crippen LogP) is 4.59. The van der Waals surface area contributed by atoms with Gasteiger partial charge in [-0.2, -0.15) is 0 Å². The third-order valence-electron chi connectivity index (χ3n) is 1.13. The zero-order chi connectivity index (χ0) is 9.14. The first-order valence-corrected chi connectivity index (χ1v) is 3.98. The third kappa shape index (κ3) is 1.96. The Labute approximate surface area is 83.5 Å². The van der Waals surface area contributed by atoms with E-state index in [4.69, 9.17) is 40.3 Å². The fourth-order valence-corrected chi connectivity index (χ4v) is 1.24. The van der Waals surface area contributed by atoms with Crippen molar-refractivity contribution >= 4 is 40.5 Å². The van der Waals surface area contributed by atoms with Crippen LogP contribution in [0.1, 0.15) is 0 Å². The van der Waals surface area contributed by atoms with Crippen LogP contribution in [0.2, 0.25) is 15.1 Å². The van der Waals surface area contributed by atoms with Gasteiger partial charge in [0.1, 0.15) is 0 Å². The van der Waals surface area contributed by atoms with E-state index in [1.54, 1.807) is 0 Å². The summed E-state index contributed by atoms with van der Waals surface area (Å²) in [4.78, 5) is 2.58. The summed E-state index contributed by atoms with van der Waals surface area (Å²) in [7, 11) is 0. The van der Waals surface area contributed by atoms with E-state index < -0.39 is 0 Å². The lowest BCUT2D eigenvalue weighted by Gasteiger charge is -1.99. The summed E-state index contributed by atoms with van der Waals surface area (Å²) in [5.74, 6) is 0. The SMILES string of the molecule is [N-]=[N+]=Nc1cc(Cl)c(Cl)c(Cl)c1. The molecule has 0 unspecified atom stereocenters. The van der Waals surface area contributed by atoms with Crippen molar-refractivity contribution in [2.24, 2.45) is 5.11 Å². The summed E-state index contributed by atoms with van der Waals surface area (Å²) in [6.45, 7) is 0. The van der Waals surface area contributed by atoms with Crippen LogP contribution in [-0.2, 0) is 0 Å². The van der Waals surface area contributed by atoms with Gasteiger partial charge in [0.2, 0.25) is 0 Å². The van der Waals surface area contributed by atoms with Crippen LogP contribution in [0.3, 0.4) is 0 Å². The molecule has 1 aromatic carbocycles. The topological polar surface area (TPSA) is 48.8 Å². The minimum Gasteiger partial charge on any atom is -0.0826 e. The van der Waals surface area contributed by atoms with Gasteiger partial charge in [0.25, 0.3) is 0 Å². The van der Waals surface area contributed by atoms with Gasteiger partial charge in [-0.1, -0.05) is 39.9 Å². The molecule has 6 heteroatoms. The molecule has 0 N–H and O–H groups in total. The quantitative estimate of drug-likeness (QED) is 0.289. The molecule has 0 aromatic heterocycles. The predicted molar refractivity (Wildman–Crippen MR) is 50.3 cm³/mol. The van der Waals surface area contributed by atoms with Crippen LogP contribution in [0.4, 0.5) is 5.69 Å². The molecule has 3 nitrogen and oxygen atoms in total. The van der Waals surface area contributed by atoms with Crippen molar-refractivity contribution in [1.82, 2.24) is 0 Å². The molecule has 0 amide bonds. The lowest BCUT2D eigenvalue weighted by atomic mass is 10.3. The van der Waals surface area contributed by atoms with Gasteiger partial charge in [-0.15, -0.1) is 0 Å². The van der Waals surface area contributed by atoms with E-state index in [2.05, 4.69) is 10.0 Å². The van der Waals surface area contributed by atoms with Crippen LogP contribution in [0.5, 0.6) is 0 Å². The van der Waals surface area contributed by atoms with E-state index in [0.29, 0.717) is 5.69 Å². The first-order valence-electron chi connectivity index (χ1n) is 2.85. The smallest absolute Gasteiger partial charge is 0.0778 e. The molecule has 62 valence electrons. The minimum absolute atomic E-state index is 0.259. The van der Waals surface area contributed by atoms with Gasteiger partial charge in [0.15, 0.2) is 0 Å². The summed E-state index contributed by atoms with van der Waals surface area (Å²) in [6, 6.07) is 2.88. The van der Waals surface area contributed by atoms with Gasteiger partial charge in [0.05, 0.1) is 15.1 Å². The molecular weight excluding hydrogens is 220 g/mol. The molecule has 0 saturated carbocycles. The molecule has 0 spiro atoms. The highest BCUT2D eigenvalue weighted by Crippen LogP contribution is 2.34. The number of hydrogen-bond donors (Lipinski definition) is 0. The first kappa shape index (κ1) is 9.49. The van der Waals surface area contributed by atoms with Crippen molar-refractivity contribution in [1.29, 1.82) is 0 Å². The van der Waals surface area contributed by atoms with Crippen LogP contribution >= 0.6 is 34.8 Å². The fraction of sp³-hybridized carbons (Fsp3) is 0. The Bertz CT molecular complexity index is 334. The number of benzene rings is 1. The second-order valence-corrected chi connectivity index (χ2v) is 3.11. The van der Waals surface area contributed by atoms with Gasteiger partial charge in [0, 0.05) is 10.6 Å². The molecule has 1 aromatic rings. The molecule has 0 bridgehead atoms. The van der Waals surface area contributed by atoms with Crippen molar-refractivity contribution in [3.63, 3.8) is 0 Å². The summed E-state index contributed by atoms with van der Waals surface area (Å²) >= 11 is 17.0. The number of rotatable bonds is 1. The molecule has 0 atom stereocenters. The fourth-order valence-electron chi connectivity index (χ4n) is 0.652. The van der Waals surface area contributed by atoms with Gasteiger partial charge in [-0.3, -0.25) is 0 Å². The molecule has 0 saturated heterocycles. The van der Waals surface area contributed by atoms with Crippen molar-refractivity contribution in [3.05, 3.63) is 37.6 Å². The lowest BCUT2D eigenvalue weighted by Crippen LogP contribution is -1.71. The van der Waals surface area contributed by atoms with E-state index in [1.165, 1.54) is 12.1 Å². The van der Waals surface area contributed by atoms with Crippen molar-refractivity contribution in [3.8, 4) is 0 Å². The van der Waals surface area contributed by atoms with E-state index in [-0.39, 0.29) is 15.1 Å². The maximum absolute atomic E-state index is 8.11. The molecule has 0 aliphatic rings. The largest absolute Gasteiger partial charge is 0.0826 e. The third-order valence-corrected chi connectivity index (χ3v) is 2.33. The number of halogens is 3. The van der Waals surface area contributed by atoms with E-state index >= 15 is 0 Å². The maximum Gasteiger partial charge on any atom is 0.0778 e. The van der Waals surface area contributed by atoms with Crippen LogP contribution in [0, 0.1) is 0 Å². The highest BCUT2D eigenvalue weighted by molar-refractivity contribution is 6.48. The highest BCUT2D eigenvalue weighted by Gasteiger charge is 2.03. The van der Waals surface area contributed by atoms with Crippen molar-refractivity contribution in [2.75, 3.05) is 0 Å².